The molecule has 0 bridgehead atoms. The van der Waals surface area contributed by atoms with Crippen LogP contribution >= 0.6 is 0 Å². The molecule has 0 spiro atoms. The fraction of sp³-hybridized carbons (Fsp3) is 0.471. The highest BCUT2D eigenvalue weighted by atomic mass is 16.5. The molecule has 0 saturated carbocycles. The molecule has 1 N–H and O–H groups in total. The van der Waals surface area contributed by atoms with Gasteiger partial charge in [0.25, 0.3) is 0 Å². The van der Waals surface area contributed by atoms with Crippen molar-refractivity contribution >= 4 is 5.78 Å². The summed E-state index contributed by atoms with van der Waals surface area (Å²) in [6.45, 7) is 2.09. The van der Waals surface area contributed by atoms with Crippen molar-refractivity contribution in [3.63, 3.8) is 0 Å². The van der Waals surface area contributed by atoms with E-state index in [0.717, 1.165) is 37.7 Å². The molecule has 0 unspecified atom stereocenters. The molecular weight excluding hydrogens is 252 g/mol. The van der Waals surface area contributed by atoms with Crippen LogP contribution < -0.4 is 4.74 Å². The molecule has 1 aromatic carbocycles. The standard InChI is InChI=1S/C17H24O3/c1-3-4-9-15(18)10-7-5-6-8-14-11-12-16(19)17(13-14)20-2/h7,10-13,19H,3-6,8-9H2,1-2H3. The maximum atomic E-state index is 11.4. The highest BCUT2D eigenvalue weighted by Gasteiger charge is 2.02. The Labute approximate surface area is 121 Å². The van der Waals surface area contributed by atoms with E-state index in [-0.39, 0.29) is 11.5 Å². The van der Waals surface area contributed by atoms with Crippen LogP contribution in [0.1, 0.15) is 44.6 Å². The summed E-state index contributed by atoms with van der Waals surface area (Å²) in [5, 5.41) is 9.50. The Kier molecular flexibility index (Phi) is 7.48. The third kappa shape index (κ3) is 5.91. The number of aryl methyl sites for hydroxylation is 1. The molecule has 0 aliphatic rings. The van der Waals surface area contributed by atoms with E-state index in [1.807, 2.05) is 18.2 Å². The largest absolute Gasteiger partial charge is 0.504 e. The van der Waals surface area contributed by atoms with E-state index < -0.39 is 0 Å². The van der Waals surface area contributed by atoms with E-state index in [4.69, 9.17) is 4.74 Å². The monoisotopic (exact) mass is 276 g/mol. The number of rotatable bonds is 9. The summed E-state index contributed by atoms with van der Waals surface area (Å²) in [4.78, 5) is 11.4. The number of phenols is 1. The van der Waals surface area contributed by atoms with Crippen molar-refractivity contribution in [2.24, 2.45) is 0 Å². The zero-order valence-electron chi connectivity index (χ0n) is 12.4. The van der Waals surface area contributed by atoms with Crippen LogP contribution in [0.25, 0.3) is 0 Å². The molecule has 0 saturated heterocycles. The SMILES string of the molecule is CCCCC(=O)C=CCCCc1ccc(O)c(OC)c1. The Hall–Kier alpha value is -1.77. The number of hydrogen-bond donors (Lipinski definition) is 1. The molecule has 0 aromatic heterocycles. The van der Waals surface area contributed by atoms with E-state index in [1.165, 1.54) is 0 Å². The van der Waals surface area contributed by atoms with Crippen LogP contribution in [0.5, 0.6) is 11.5 Å². The second kappa shape index (κ2) is 9.18. The molecule has 0 atom stereocenters. The number of aromatic hydroxyl groups is 1. The van der Waals surface area contributed by atoms with E-state index in [9.17, 15) is 9.90 Å². The fourth-order valence-electron chi connectivity index (χ4n) is 1.95. The fourth-order valence-corrected chi connectivity index (χ4v) is 1.95. The van der Waals surface area contributed by atoms with Crippen LogP contribution in [-0.2, 0) is 11.2 Å². The lowest BCUT2D eigenvalue weighted by Gasteiger charge is -2.05. The minimum Gasteiger partial charge on any atom is -0.504 e. The van der Waals surface area contributed by atoms with Crippen LogP contribution in [0.15, 0.2) is 30.4 Å². The molecule has 110 valence electrons. The van der Waals surface area contributed by atoms with Crippen molar-refractivity contribution in [2.45, 2.75) is 45.4 Å². The van der Waals surface area contributed by atoms with Gasteiger partial charge in [0.1, 0.15) is 0 Å². The number of benzene rings is 1. The topological polar surface area (TPSA) is 46.5 Å². The van der Waals surface area contributed by atoms with E-state index in [0.29, 0.717) is 12.2 Å². The number of methoxy groups -OCH3 is 1. The van der Waals surface area contributed by atoms with E-state index >= 15 is 0 Å². The molecule has 1 aromatic rings. The van der Waals surface area contributed by atoms with Crippen LogP contribution in [0.2, 0.25) is 0 Å². The average Bonchev–Trinajstić information content (AvgIpc) is 2.46. The molecular formula is C17H24O3. The smallest absolute Gasteiger partial charge is 0.160 e. The van der Waals surface area contributed by atoms with Gasteiger partial charge in [0, 0.05) is 6.42 Å². The van der Waals surface area contributed by atoms with Gasteiger partial charge in [-0.05, 0) is 49.5 Å². The Balaban J connectivity index is 2.30. The molecule has 0 fully saturated rings. The van der Waals surface area contributed by atoms with Gasteiger partial charge in [0.2, 0.25) is 0 Å². The van der Waals surface area contributed by atoms with Gasteiger partial charge in [-0.3, -0.25) is 4.79 Å². The minimum atomic E-state index is 0.165. The summed E-state index contributed by atoms with van der Waals surface area (Å²) in [5.41, 5.74) is 1.13. The number of allylic oxidation sites excluding steroid dienone is 2. The van der Waals surface area contributed by atoms with E-state index in [2.05, 4.69) is 6.92 Å². The van der Waals surface area contributed by atoms with E-state index in [1.54, 1.807) is 19.3 Å². The maximum absolute atomic E-state index is 11.4. The van der Waals surface area contributed by atoms with Gasteiger partial charge < -0.3 is 9.84 Å². The molecule has 0 aliphatic carbocycles. The van der Waals surface area contributed by atoms with Crippen LogP contribution in [-0.4, -0.2) is 18.0 Å². The van der Waals surface area contributed by atoms with Crippen molar-refractivity contribution < 1.29 is 14.6 Å². The molecule has 0 heterocycles. The Morgan fingerprint density at radius 1 is 1.35 bits per heavy atom. The molecule has 3 nitrogen and oxygen atoms in total. The molecule has 0 amide bonds. The zero-order valence-corrected chi connectivity index (χ0v) is 12.4. The van der Waals surface area contributed by atoms with Crippen molar-refractivity contribution in [3.8, 4) is 11.5 Å². The first-order valence-corrected chi connectivity index (χ1v) is 7.22. The number of ether oxygens (including phenoxy) is 1. The quantitative estimate of drug-likeness (QED) is 0.547. The number of carbonyl (C=O) groups excluding carboxylic acids is 1. The summed E-state index contributed by atoms with van der Waals surface area (Å²) in [5.74, 6) is 0.892. The Bertz CT molecular complexity index is 450. The van der Waals surface area contributed by atoms with Gasteiger partial charge in [-0.15, -0.1) is 0 Å². The Morgan fingerprint density at radius 3 is 2.85 bits per heavy atom. The highest BCUT2D eigenvalue weighted by molar-refractivity contribution is 5.89. The lowest BCUT2D eigenvalue weighted by atomic mass is 10.1. The number of phenolic OH excluding ortho intramolecular Hbond substituents is 1. The highest BCUT2D eigenvalue weighted by Crippen LogP contribution is 2.26. The number of carbonyl (C=O) groups is 1. The molecule has 20 heavy (non-hydrogen) atoms. The van der Waals surface area contributed by atoms with Crippen LogP contribution in [0, 0.1) is 0 Å². The molecule has 0 radical (unpaired) electrons. The van der Waals surface area contributed by atoms with Crippen molar-refractivity contribution in [3.05, 3.63) is 35.9 Å². The molecule has 3 heteroatoms. The van der Waals surface area contributed by atoms with Gasteiger partial charge in [-0.1, -0.05) is 25.5 Å². The van der Waals surface area contributed by atoms with Crippen molar-refractivity contribution in [2.75, 3.05) is 7.11 Å². The molecule has 1 rings (SSSR count). The summed E-state index contributed by atoms with van der Waals surface area (Å²) >= 11 is 0. The average molecular weight is 276 g/mol. The second-order valence-corrected chi connectivity index (χ2v) is 4.87. The van der Waals surface area contributed by atoms with Gasteiger partial charge in [0.05, 0.1) is 7.11 Å². The van der Waals surface area contributed by atoms with Crippen LogP contribution in [0.4, 0.5) is 0 Å². The first-order chi connectivity index (χ1) is 9.67. The summed E-state index contributed by atoms with van der Waals surface area (Å²) in [6, 6.07) is 5.40. The predicted molar refractivity (Wildman–Crippen MR) is 81.3 cm³/mol. The van der Waals surface area contributed by atoms with Crippen molar-refractivity contribution in [1.29, 1.82) is 0 Å². The third-order valence-electron chi connectivity index (χ3n) is 3.16. The summed E-state index contributed by atoms with van der Waals surface area (Å²) in [7, 11) is 1.55. The Morgan fingerprint density at radius 2 is 2.15 bits per heavy atom. The predicted octanol–water partition coefficient (Wildman–Crippen LogP) is 4.04. The van der Waals surface area contributed by atoms with Crippen molar-refractivity contribution in [1.82, 2.24) is 0 Å². The third-order valence-corrected chi connectivity index (χ3v) is 3.16. The zero-order chi connectivity index (χ0) is 14.8. The lowest BCUT2D eigenvalue weighted by Crippen LogP contribution is -1.92. The summed E-state index contributed by atoms with van der Waals surface area (Å²) in [6.07, 6.45) is 9.11. The first kappa shape index (κ1) is 16.3. The maximum Gasteiger partial charge on any atom is 0.160 e. The normalized spacial score (nSPS) is 10.9. The molecule has 0 aliphatic heterocycles. The number of ketones is 1. The van der Waals surface area contributed by atoms with Gasteiger partial charge in [-0.2, -0.15) is 0 Å². The lowest BCUT2D eigenvalue weighted by molar-refractivity contribution is -0.114. The van der Waals surface area contributed by atoms with Gasteiger partial charge in [0.15, 0.2) is 17.3 Å². The second-order valence-electron chi connectivity index (χ2n) is 4.87. The van der Waals surface area contributed by atoms with Gasteiger partial charge in [-0.25, -0.2) is 0 Å². The minimum absolute atomic E-state index is 0.165. The number of unbranched alkanes of at least 4 members (excludes halogenated alkanes) is 2. The van der Waals surface area contributed by atoms with Gasteiger partial charge >= 0.3 is 0 Å². The number of hydrogen-bond acceptors (Lipinski definition) is 3. The van der Waals surface area contributed by atoms with Crippen LogP contribution in [0.3, 0.4) is 0 Å². The first-order valence-electron chi connectivity index (χ1n) is 7.22. The summed E-state index contributed by atoms with van der Waals surface area (Å²) < 4.78 is 5.07.